The minimum atomic E-state index is 0.835. The molecule has 0 heterocycles. The third-order valence-corrected chi connectivity index (χ3v) is 6.72. The monoisotopic (exact) mass is 260 g/mol. The molecule has 0 radical (unpaired) electrons. The van der Waals surface area contributed by atoms with Crippen LogP contribution in [0.4, 0.5) is 0 Å². The zero-order valence-electron chi connectivity index (χ0n) is 12.8. The van der Waals surface area contributed by atoms with Crippen LogP contribution in [0.5, 0.6) is 0 Å². The van der Waals surface area contributed by atoms with Crippen LogP contribution in [0.2, 0.25) is 0 Å². The van der Waals surface area contributed by atoms with E-state index in [1.807, 2.05) is 0 Å². The molecular weight excluding hydrogens is 232 g/mol. The normalized spacial score (nSPS) is 53.8. The lowest BCUT2D eigenvalue weighted by atomic mass is 9.67. The maximum atomic E-state index is 2.56. The predicted molar refractivity (Wildman–Crippen MR) is 78.8 cm³/mol. The van der Waals surface area contributed by atoms with Gasteiger partial charge in [-0.25, -0.2) is 0 Å². The van der Waals surface area contributed by atoms with Crippen LogP contribution < -0.4 is 0 Å². The Kier molecular flexibility index (Phi) is 2.66. The van der Waals surface area contributed by atoms with Crippen LogP contribution in [0.25, 0.3) is 0 Å². The largest absolute Gasteiger partial charge is 0.309 e. The molecule has 0 spiro atoms. The van der Waals surface area contributed by atoms with E-state index in [0.717, 1.165) is 47.5 Å². The zero-order valence-corrected chi connectivity index (χ0v) is 12.8. The van der Waals surface area contributed by atoms with Crippen molar-refractivity contribution >= 4 is 0 Å². The molecule has 19 heavy (non-hydrogen) atoms. The second kappa shape index (κ2) is 4.08. The van der Waals surface area contributed by atoms with Gasteiger partial charge >= 0.3 is 0 Å². The second-order valence-corrected chi connectivity index (χ2v) is 8.05. The van der Waals surface area contributed by atoms with Gasteiger partial charge in [-0.1, -0.05) is 12.2 Å². The first-order valence-electron chi connectivity index (χ1n) is 8.07. The fourth-order valence-corrected chi connectivity index (χ4v) is 6.56. The molecule has 0 amide bonds. The van der Waals surface area contributed by atoms with E-state index in [2.05, 4.69) is 50.1 Å². The van der Waals surface area contributed by atoms with E-state index in [4.69, 9.17) is 0 Å². The van der Waals surface area contributed by atoms with Crippen molar-refractivity contribution in [3.63, 3.8) is 0 Å². The first-order chi connectivity index (χ1) is 9.08. The van der Waals surface area contributed by atoms with Crippen molar-refractivity contribution in [2.24, 2.45) is 41.4 Å². The molecule has 0 aromatic carbocycles. The van der Waals surface area contributed by atoms with Crippen molar-refractivity contribution in [3.05, 3.63) is 12.2 Å². The number of allylic oxidation sites excluding steroid dienone is 2. The summed E-state index contributed by atoms with van der Waals surface area (Å²) in [6.45, 7) is 1.29. The summed E-state index contributed by atoms with van der Waals surface area (Å²) in [5.41, 5.74) is 0. The highest BCUT2D eigenvalue weighted by molar-refractivity contribution is 5.23. The van der Waals surface area contributed by atoms with E-state index in [0.29, 0.717) is 0 Å². The number of hydrogen-bond donors (Lipinski definition) is 0. The van der Waals surface area contributed by atoms with Crippen molar-refractivity contribution in [2.45, 2.75) is 18.9 Å². The second-order valence-electron chi connectivity index (χ2n) is 8.05. The summed E-state index contributed by atoms with van der Waals surface area (Å²) in [6, 6.07) is 0.835. The topological polar surface area (TPSA) is 6.48 Å². The summed E-state index contributed by atoms with van der Waals surface area (Å²) in [5, 5.41) is 0. The highest BCUT2D eigenvalue weighted by Gasteiger charge is 2.64. The van der Waals surface area contributed by atoms with Gasteiger partial charge in [-0.2, -0.15) is 0 Å². The Morgan fingerprint density at radius 3 is 2.11 bits per heavy atom. The summed E-state index contributed by atoms with van der Waals surface area (Å²) in [6.07, 6.45) is 8.12. The Labute approximate surface area is 117 Å². The van der Waals surface area contributed by atoms with Crippen LogP contribution in [0.3, 0.4) is 0 Å². The molecule has 0 N–H and O–H groups in total. The van der Waals surface area contributed by atoms with Crippen molar-refractivity contribution in [1.29, 1.82) is 0 Å². The minimum absolute atomic E-state index is 0.835. The Balaban J connectivity index is 1.66. The van der Waals surface area contributed by atoms with Crippen molar-refractivity contribution in [1.82, 2.24) is 9.80 Å². The number of rotatable bonds is 3. The lowest BCUT2D eigenvalue weighted by molar-refractivity contribution is 0.0438. The number of nitrogens with zero attached hydrogens (tertiary/aromatic N) is 2. The van der Waals surface area contributed by atoms with E-state index in [1.54, 1.807) is 0 Å². The van der Waals surface area contributed by atoms with E-state index in [1.165, 1.54) is 19.4 Å². The maximum Gasteiger partial charge on any atom is 0.0164 e. The van der Waals surface area contributed by atoms with Gasteiger partial charge in [-0.05, 0) is 82.5 Å². The first-order valence-corrected chi connectivity index (χ1v) is 8.07. The quantitative estimate of drug-likeness (QED) is 0.567. The Morgan fingerprint density at radius 1 is 0.895 bits per heavy atom. The average Bonchev–Trinajstić information content (AvgIpc) is 3.04. The van der Waals surface area contributed by atoms with Gasteiger partial charge in [0.15, 0.2) is 0 Å². The molecular formula is C17H28N2. The molecule has 2 heteroatoms. The average molecular weight is 260 g/mol. The number of fused-ring (bicyclic) bond motifs is 9. The molecule has 0 aromatic rings. The summed E-state index contributed by atoms with van der Waals surface area (Å²) < 4.78 is 0. The highest BCUT2D eigenvalue weighted by atomic mass is 15.1. The van der Waals surface area contributed by atoms with Gasteiger partial charge in [0, 0.05) is 12.6 Å². The third kappa shape index (κ3) is 1.56. The molecule has 0 aliphatic heterocycles. The zero-order chi connectivity index (χ0) is 13.3. The molecule has 4 rings (SSSR count). The molecule has 4 aliphatic rings. The Morgan fingerprint density at radius 2 is 1.53 bits per heavy atom. The highest BCUT2D eigenvalue weighted by Crippen LogP contribution is 2.67. The van der Waals surface area contributed by atoms with Crippen LogP contribution in [0.1, 0.15) is 12.8 Å². The van der Waals surface area contributed by atoms with Gasteiger partial charge in [-0.15, -0.1) is 0 Å². The molecule has 3 saturated carbocycles. The van der Waals surface area contributed by atoms with E-state index < -0.39 is 0 Å². The fraction of sp³-hybridized carbons (Fsp3) is 0.882. The van der Waals surface area contributed by atoms with Crippen LogP contribution in [0, 0.1) is 41.4 Å². The Bertz CT molecular complexity index is 400. The van der Waals surface area contributed by atoms with Gasteiger partial charge < -0.3 is 9.80 Å². The standard InChI is InChI=1S/C17H28N2/c1-18(2)9-14-12-8-13(17(14)19(3)4)16-11-6-5-10(7-11)15(12)16/h5-6,10-17H,7-9H2,1-4H3. The molecule has 4 bridgehead atoms. The van der Waals surface area contributed by atoms with Gasteiger partial charge in [0.25, 0.3) is 0 Å². The summed E-state index contributed by atoms with van der Waals surface area (Å²) >= 11 is 0. The molecule has 0 saturated heterocycles. The van der Waals surface area contributed by atoms with Gasteiger partial charge in [-0.3, -0.25) is 0 Å². The molecule has 2 nitrogen and oxygen atoms in total. The third-order valence-electron chi connectivity index (χ3n) is 6.72. The van der Waals surface area contributed by atoms with Gasteiger partial charge in [0.05, 0.1) is 0 Å². The molecule has 0 aromatic heterocycles. The molecule has 3 fully saturated rings. The Hall–Kier alpha value is -0.340. The van der Waals surface area contributed by atoms with Gasteiger partial charge in [0.2, 0.25) is 0 Å². The molecule has 8 atom stereocenters. The van der Waals surface area contributed by atoms with E-state index in [9.17, 15) is 0 Å². The molecule has 8 unspecified atom stereocenters. The van der Waals surface area contributed by atoms with Crippen LogP contribution in [-0.4, -0.2) is 50.6 Å². The molecule has 106 valence electrons. The summed E-state index contributed by atoms with van der Waals surface area (Å²) in [4.78, 5) is 4.96. The summed E-state index contributed by atoms with van der Waals surface area (Å²) in [5.74, 6) is 6.85. The van der Waals surface area contributed by atoms with E-state index >= 15 is 0 Å². The smallest absolute Gasteiger partial charge is 0.0164 e. The summed E-state index contributed by atoms with van der Waals surface area (Å²) in [7, 11) is 9.12. The first kappa shape index (κ1) is 12.4. The lowest BCUT2D eigenvalue weighted by Crippen LogP contribution is -2.50. The van der Waals surface area contributed by atoms with E-state index in [-0.39, 0.29) is 0 Å². The van der Waals surface area contributed by atoms with Crippen LogP contribution in [0.15, 0.2) is 12.2 Å². The predicted octanol–water partition coefficient (Wildman–Crippen LogP) is 2.18. The van der Waals surface area contributed by atoms with Crippen molar-refractivity contribution in [3.8, 4) is 0 Å². The fourth-order valence-electron chi connectivity index (χ4n) is 6.56. The maximum absolute atomic E-state index is 2.56. The minimum Gasteiger partial charge on any atom is -0.309 e. The van der Waals surface area contributed by atoms with Crippen molar-refractivity contribution in [2.75, 3.05) is 34.7 Å². The van der Waals surface area contributed by atoms with Crippen LogP contribution >= 0.6 is 0 Å². The number of hydrogen-bond acceptors (Lipinski definition) is 2. The lowest BCUT2D eigenvalue weighted by Gasteiger charge is -2.45. The van der Waals surface area contributed by atoms with Gasteiger partial charge in [0.1, 0.15) is 0 Å². The SMILES string of the molecule is CN(C)CC1C2CC(C3C4C=CC(C4)C23)C1N(C)C. The molecule has 4 aliphatic carbocycles. The van der Waals surface area contributed by atoms with Crippen LogP contribution in [-0.2, 0) is 0 Å². The van der Waals surface area contributed by atoms with Crippen molar-refractivity contribution < 1.29 is 0 Å².